The predicted molar refractivity (Wildman–Crippen MR) is 457 cm³/mol. The Morgan fingerprint density at radius 2 is 0.661 bits per heavy atom. The van der Waals surface area contributed by atoms with Gasteiger partial charge in [0.2, 0.25) is 30.1 Å². The van der Waals surface area contributed by atoms with Gasteiger partial charge in [-0.15, -0.1) is 0 Å². The van der Waals surface area contributed by atoms with Crippen molar-refractivity contribution in [2.24, 2.45) is 5.73 Å². The molecule has 3 aliphatic rings. The number of likely N-dealkylation sites (N-methyl/N-ethyl adjacent to an activating group) is 3. The van der Waals surface area contributed by atoms with Crippen LogP contribution in [0.1, 0.15) is 101 Å². The molecule has 0 aromatic heterocycles. The summed E-state index contributed by atoms with van der Waals surface area (Å²) in [7, 11) is 11.1. The number of nitrogens with zero attached hydrogens (tertiary/aromatic N) is 9. The summed E-state index contributed by atoms with van der Waals surface area (Å²) >= 11 is 0. The topological polar surface area (TPSA) is 273 Å². The van der Waals surface area contributed by atoms with E-state index in [1.54, 1.807) is 92.2 Å². The molecule has 3 fully saturated rings. The zero-order valence-electron chi connectivity index (χ0n) is 71.4. The minimum atomic E-state index is -3.68. The molecular formula is C86H130N10O16S3. The first-order valence-corrected chi connectivity index (χ1v) is 43.8. The number of aryl methyl sites for hydroxylation is 8. The van der Waals surface area contributed by atoms with Crippen LogP contribution in [0.3, 0.4) is 0 Å². The quantitative estimate of drug-likeness (QED) is 0.0214. The summed E-state index contributed by atoms with van der Waals surface area (Å²) in [5.74, 6) is 1.88. The zero-order valence-corrected chi connectivity index (χ0v) is 73.9. The number of Topliss-reactive ketones (excluding diaryl/α,β-unsaturated/α-hetero) is 2. The number of carbonyl (C=O) groups excluding carboxylic acids is 3. The first-order valence-electron chi connectivity index (χ1n) is 39.5. The molecule has 0 atom stereocenters. The third-order valence-electron chi connectivity index (χ3n) is 21.5. The summed E-state index contributed by atoms with van der Waals surface area (Å²) in [5, 5.41) is 0. The minimum Gasteiger partial charge on any atom is -0.497 e. The van der Waals surface area contributed by atoms with Crippen molar-refractivity contribution in [1.29, 1.82) is 0 Å². The fourth-order valence-electron chi connectivity index (χ4n) is 14.4. The van der Waals surface area contributed by atoms with Crippen LogP contribution < -0.4 is 34.6 Å². The van der Waals surface area contributed by atoms with Crippen molar-refractivity contribution >= 4 is 65.2 Å². The minimum absolute atomic E-state index is 0.00666. The molecule has 0 saturated carbocycles. The number of sulfonamides is 3. The molecule has 0 radical (unpaired) electrons. The summed E-state index contributed by atoms with van der Waals surface area (Å²) < 4.78 is 117. The molecule has 0 aliphatic carbocycles. The lowest BCUT2D eigenvalue weighted by Crippen LogP contribution is -2.41. The lowest BCUT2D eigenvalue weighted by Gasteiger charge is -2.36. The van der Waals surface area contributed by atoms with Crippen LogP contribution in [0.25, 0.3) is 0 Å². The number of benzene rings is 6. The molecule has 26 nitrogen and oxygen atoms in total. The van der Waals surface area contributed by atoms with Gasteiger partial charge in [0.25, 0.3) is 6.47 Å². The van der Waals surface area contributed by atoms with E-state index in [0.717, 1.165) is 56.4 Å². The first-order chi connectivity index (χ1) is 54.6. The number of piperidine rings is 3. The van der Waals surface area contributed by atoms with Crippen molar-refractivity contribution in [3.05, 3.63) is 159 Å². The van der Waals surface area contributed by atoms with Crippen molar-refractivity contribution in [2.75, 3.05) is 198 Å². The number of ether oxygens (including phenoxy) is 7. The van der Waals surface area contributed by atoms with E-state index in [9.17, 15) is 39.6 Å². The molecule has 115 heavy (non-hydrogen) atoms. The van der Waals surface area contributed by atoms with Gasteiger partial charge in [-0.2, -0.15) is 12.9 Å². The molecule has 6 aromatic carbocycles. The van der Waals surface area contributed by atoms with Crippen LogP contribution in [0.15, 0.2) is 124 Å². The molecule has 0 spiro atoms. The first kappa shape index (κ1) is 96.2. The van der Waals surface area contributed by atoms with Crippen molar-refractivity contribution < 1.29 is 72.8 Å². The second kappa shape index (κ2) is 47.1. The normalized spacial score (nSPS) is 14.7. The molecule has 0 unspecified atom stereocenters. The van der Waals surface area contributed by atoms with Crippen LogP contribution in [-0.2, 0) is 82.8 Å². The highest BCUT2D eigenvalue weighted by molar-refractivity contribution is 7.89. The fourth-order valence-corrected chi connectivity index (χ4v) is 19.1. The summed E-state index contributed by atoms with van der Waals surface area (Å²) in [6.07, 6.45) is 9.31. The molecule has 6 aromatic rings. The number of anilines is 3. The maximum Gasteiger partial charge on any atom is 0.295 e. The van der Waals surface area contributed by atoms with Gasteiger partial charge in [-0.05, 0) is 258 Å². The van der Waals surface area contributed by atoms with Gasteiger partial charge in [0.1, 0.15) is 30.5 Å². The van der Waals surface area contributed by atoms with Gasteiger partial charge in [0.05, 0.1) is 55.8 Å². The Balaban J connectivity index is 0.000000250. The molecule has 3 aliphatic heterocycles. The van der Waals surface area contributed by atoms with Crippen LogP contribution in [-0.4, -0.2) is 273 Å². The maximum absolute atomic E-state index is 13.1. The van der Waals surface area contributed by atoms with Crippen molar-refractivity contribution in [2.45, 2.75) is 145 Å². The van der Waals surface area contributed by atoms with Crippen LogP contribution in [0.4, 0.5) is 17.1 Å². The van der Waals surface area contributed by atoms with E-state index in [-0.39, 0.29) is 92.2 Å². The third-order valence-corrected chi connectivity index (χ3v) is 28.0. The summed E-state index contributed by atoms with van der Waals surface area (Å²) in [6.45, 7) is 18.6. The number of rotatable bonds is 38. The second-order valence-electron chi connectivity index (χ2n) is 30.5. The molecule has 0 bridgehead atoms. The van der Waals surface area contributed by atoms with Gasteiger partial charge in [-0.25, -0.2) is 25.3 Å². The average molecular weight is 1660 g/mol. The summed E-state index contributed by atoms with van der Waals surface area (Å²) in [6, 6.07) is 37.9. The lowest BCUT2D eigenvalue weighted by atomic mass is 10.0. The SMILES string of the molecule is CN(C)C1CCN(c2ccc(CN)cc2)CC1.COc1cc(C)c(S(=O)(=O)N(C)CCOCC(=O)CCc2ccc(N3CCC(N(C)C)CC3)cc2)c(C)c1.COc1cc(C)c(S(=O)(=O)N(C)CCOCC(=O)CCc2ccc(N3CCC(N(C)C)CC3)cc2)c(C)c1.COc1cc(C)c(S(=O)(=O)N(C)CCOCOC=O)c(C)c1. The lowest BCUT2D eigenvalue weighted by molar-refractivity contribution is -0.140. The van der Waals surface area contributed by atoms with Crippen molar-refractivity contribution in [3.63, 3.8) is 0 Å². The monoisotopic (exact) mass is 1650 g/mol. The third kappa shape index (κ3) is 29.2. The largest absolute Gasteiger partial charge is 0.497 e. The van der Waals surface area contributed by atoms with Crippen molar-refractivity contribution in [3.8, 4) is 17.2 Å². The number of nitrogens with two attached hydrogens (primary N) is 1. The molecule has 29 heteroatoms. The van der Waals surface area contributed by atoms with E-state index in [4.69, 9.17) is 34.2 Å². The molecule has 3 heterocycles. The van der Waals surface area contributed by atoms with Gasteiger partial charge in [0.15, 0.2) is 18.4 Å². The second-order valence-corrected chi connectivity index (χ2v) is 36.4. The highest BCUT2D eigenvalue weighted by atomic mass is 32.2. The van der Waals surface area contributed by atoms with Gasteiger partial charge in [-0.3, -0.25) is 14.4 Å². The summed E-state index contributed by atoms with van der Waals surface area (Å²) in [4.78, 5) is 49.8. The number of methoxy groups -OCH3 is 3. The van der Waals surface area contributed by atoms with E-state index >= 15 is 0 Å². The predicted octanol–water partition coefficient (Wildman–Crippen LogP) is 10.1. The smallest absolute Gasteiger partial charge is 0.295 e. The Labute approximate surface area is 687 Å². The van der Waals surface area contributed by atoms with Gasteiger partial charge in [0, 0.05) is 135 Å². The van der Waals surface area contributed by atoms with Gasteiger partial charge >= 0.3 is 0 Å². The van der Waals surface area contributed by atoms with Gasteiger partial charge < -0.3 is 68.3 Å². The number of hydrogen-bond acceptors (Lipinski definition) is 23. The van der Waals surface area contributed by atoms with Crippen LogP contribution >= 0.6 is 0 Å². The fraction of sp³-hybridized carbons (Fsp3) is 0.547. The van der Waals surface area contributed by atoms with Crippen LogP contribution in [0.2, 0.25) is 0 Å². The highest BCUT2D eigenvalue weighted by Crippen LogP contribution is 2.32. The van der Waals surface area contributed by atoms with Crippen LogP contribution in [0.5, 0.6) is 17.2 Å². The molecule has 638 valence electrons. The van der Waals surface area contributed by atoms with Crippen molar-refractivity contribution in [1.82, 2.24) is 27.6 Å². The number of ketones is 2. The zero-order chi connectivity index (χ0) is 84.7. The van der Waals surface area contributed by atoms with E-state index in [0.29, 0.717) is 94.9 Å². The molecule has 2 N–H and O–H groups in total. The van der Waals surface area contributed by atoms with E-state index in [1.807, 2.05) is 0 Å². The number of carbonyl (C=O) groups is 3. The average Bonchev–Trinajstić information content (AvgIpc) is 0.793. The molecule has 0 amide bonds. The number of hydrogen-bond donors (Lipinski definition) is 1. The molecule has 9 rings (SSSR count). The standard InChI is InChI=1S/2C29H43N3O5S.C14H23N3.C14H21NO6S/c2*1-22-19-28(36-6)20-23(2)29(22)38(34,35)31(5)17-18-37-21-27(33)12-9-24-7-10-26(11-8-24)32-15-13-25(14-16-32)30(3)4;1-16(2)13-7-9-17(10-8-13)14-5-3-12(11-15)4-6-14;1-11-7-13(19-4)8-12(2)14(11)22(17,18)15(3)5-6-20-10-21-9-16/h2*7-8,10-11,19-20,25H,9,12-18,21H2,1-6H3;3-6,13H,7-11,15H2,1-2H3;7-9H,5-6,10H2,1-4H3. The van der Waals surface area contributed by atoms with E-state index < -0.39 is 30.1 Å². The Bertz CT molecular complexity index is 4100. The highest BCUT2D eigenvalue weighted by Gasteiger charge is 2.30. The maximum atomic E-state index is 13.1. The van der Waals surface area contributed by atoms with E-state index in [1.165, 1.54) is 102 Å². The Kier molecular flexibility index (Phi) is 39.4. The van der Waals surface area contributed by atoms with Crippen LogP contribution in [0, 0.1) is 41.5 Å². The molecule has 3 saturated heterocycles. The molecular weight excluding hydrogens is 1530 g/mol. The van der Waals surface area contributed by atoms with Gasteiger partial charge in [-0.1, -0.05) is 36.4 Å². The Hall–Kier alpha value is -7.62. The Morgan fingerprint density at radius 1 is 0.409 bits per heavy atom. The summed E-state index contributed by atoms with van der Waals surface area (Å²) in [5.41, 5.74) is 16.6. The Morgan fingerprint density at radius 3 is 0.896 bits per heavy atom. The van der Waals surface area contributed by atoms with E-state index in [2.05, 4.69) is 149 Å².